The van der Waals surface area contributed by atoms with Gasteiger partial charge in [-0.05, 0) is 37.1 Å². The molecule has 0 atom stereocenters. The molecule has 0 bridgehead atoms. The van der Waals surface area contributed by atoms with E-state index in [1.807, 2.05) is 0 Å². The number of ether oxygens (including phenoxy) is 1. The van der Waals surface area contributed by atoms with Gasteiger partial charge in [0.1, 0.15) is 6.20 Å². The van der Waals surface area contributed by atoms with Crippen molar-refractivity contribution in [2.75, 3.05) is 31.1 Å². The van der Waals surface area contributed by atoms with E-state index in [-0.39, 0.29) is 11.1 Å². The predicted octanol–water partition coefficient (Wildman–Crippen LogP) is 1.39. The molecule has 1 aliphatic rings. The van der Waals surface area contributed by atoms with E-state index >= 15 is 0 Å². The van der Waals surface area contributed by atoms with E-state index in [4.69, 9.17) is 10.5 Å². The minimum Gasteiger partial charge on any atom is -0.378 e. The van der Waals surface area contributed by atoms with Gasteiger partial charge in [-0.15, -0.1) is 0 Å². The first kappa shape index (κ1) is 14.2. The highest BCUT2D eigenvalue weighted by Crippen LogP contribution is 2.30. The molecule has 2 N–H and O–H groups in total. The van der Waals surface area contributed by atoms with Crippen LogP contribution in [0.25, 0.3) is 0 Å². The van der Waals surface area contributed by atoms with E-state index < -0.39 is 4.92 Å². The maximum absolute atomic E-state index is 10.6. The van der Waals surface area contributed by atoms with Crippen molar-refractivity contribution in [2.24, 2.45) is 5.73 Å². The van der Waals surface area contributed by atoms with Crippen molar-refractivity contribution < 1.29 is 9.66 Å². The van der Waals surface area contributed by atoms with Crippen molar-refractivity contribution in [1.29, 1.82) is 0 Å². The van der Waals surface area contributed by atoms with Crippen molar-refractivity contribution >= 4 is 21.5 Å². The molecule has 1 fully saturated rings. The Kier molecular flexibility index (Phi) is 5.06. The van der Waals surface area contributed by atoms with Gasteiger partial charge in [-0.1, -0.05) is 0 Å². The summed E-state index contributed by atoms with van der Waals surface area (Å²) < 4.78 is 5.72. The van der Waals surface area contributed by atoms with Crippen molar-refractivity contribution in [1.82, 2.24) is 4.98 Å². The van der Waals surface area contributed by atoms with Gasteiger partial charge in [0.05, 0.1) is 11.0 Å². The van der Waals surface area contributed by atoms with Gasteiger partial charge in [0.15, 0.2) is 5.13 Å². The number of anilines is 1. The largest absolute Gasteiger partial charge is 0.378 e. The monoisotopic (exact) mass is 286 g/mol. The van der Waals surface area contributed by atoms with E-state index in [1.54, 1.807) is 0 Å². The highest BCUT2D eigenvalue weighted by Gasteiger charge is 2.23. The van der Waals surface area contributed by atoms with E-state index in [0.717, 1.165) is 48.8 Å². The molecule has 1 aromatic heterocycles. The zero-order valence-corrected chi connectivity index (χ0v) is 11.5. The lowest BCUT2D eigenvalue weighted by molar-refractivity contribution is -0.380. The number of rotatable bonds is 6. The van der Waals surface area contributed by atoms with Crippen LogP contribution in [0.4, 0.5) is 10.1 Å². The molecule has 0 radical (unpaired) electrons. The fourth-order valence-electron chi connectivity index (χ4n) is 2.03. The second-order valence-electron chi connectivity index (χ2n) is 4.44. The van der Waals surface area contributed by atoms with Gasteiger partial charge in [-0.2, -0.15) is 0 Å². The van der Waals surface area contributed by atoms with Crippen LogP contribution in [-0.4, -0.2) is 42.3 Å². The molecule has 7 nitrogen and oxygen atoms in total. The van der Waals surface area contributed by atoms with Gasteiger partial charge in [0.2, 0.25) is 0 Å². The van der Waals surface area contributed by atoms with Gasteiger partial charge in [0.25, 0.3) is 0 Å². The molecule has 1 aromatic rings. The molecule has 0 amide bonds. The Bertz CT molecular complexity index is 418. The van der Waals surface area contributed by atoms with Crippen LogP contribution in [0.5, 0.6) is 0 Å². The fraction of sp³-hybridized carbons (Fsp3) is 0.727. The lowest BCUT2D eigenvalue weighted by Crippen LogP contribution is -2.37. The summed E-state index contributed by atoms with van der Waals surface area (Å²) in [6.45, 7) is 3.03. The minimum atomic E-state index is -0.399. The van der Waals surface area contributed by atoms with E-state index in [9.17, 15) is 10.1 Å². The van der Waals surface area contributed by atoms with Crippen LogP contribution in [0, 0.1) is 10.1 Å². The Balaban J connectivity index is 1.80. The second kappa shape index (κ2) is 6.78. The molecule has 8 heteroatoms. The van der Waals surface area contributed by atoms with Crippen molar-refractivity contribution in [3.63, 3.8) is 0 Å². The predicted molar refractivity (Wildman–Crippen MR) is 73.6 cm³/mol. The van der Waals surface area contributed by atoms with Gasteiger partial charge >= 0.3 is 5.00 Å². The molecule has 2 rings (SSSR count). The normalized spacial score (nSPS) is 16.8. The zero-order valence-electron chi connectivity index (χ0n) is 10.7. The molecule has 1 saturated heterocycles. The second-order valence-corrected chi connectivity index (χ2v) is 5.43. The molecule has 19 heavy (non-hydrogen) atoms. The molecule has 0 unspecified atom stereocenters. The minimum absolute atomic E-state index is 0.0938. The third kappa shape index (κ3) is 3.85. The summed E-state index contributed by atoms with van der Waals surface area (Å²) in [6, 6.07) is 0. The number of hydrogen-bond donors (Lipinski definition) is 1. The lowest BCUT2D eigenvalue weighted by Gasteiger charge is -2.31. The van der Waals surface area contributed by atoms with Crippen molar-refractivity contribution in [3.05, 3.63) is 16.3 Å². The maximum Gasteiger partial charge on any atom is 0.345 e. The van der Waals surface area contributed by atoms with Gasteiger partial charge in [-0.25, -0.2) is 4.98 Å². The summed E-state index contributed by atoms with van der Waals surface area (Å²) in [7, 11) is 0. The molecule has 106 valence electrons. The fourth-order valence-corrected chi connectivity index (χ4v) is 2.82. The third-order valence-electron chi connectivity index (χ3n) is 3.08. The van der Waals surface area contributed by atoms with Crippen LogP contribution >= 0.6 is 11.3 Å². The number of hydrogen-bond acceptors (Lipinski definition) is 7. The molecule has 1 aliphatic heterocycles. The highest BCUT2D eigenvalue weighted by atomic mass is 32.1. The van der Waals surface area contributed by atoms with Crippen molar-refractivity contribution in [2.45, 2.75) is 25.4 Å². The van der Waals surface area contributed by atoms with Crippen LogP contribution in [0.2, 0.25) is 0 Å². The SMILES string of the molecule is NCCCOC1CCN(c2ncc([N+](=O)[O-])s2)CC1. The summed E-state index contributed by atoms with van der Waals surface area (Å²) in [5, 5.41) is 11.4. The molecule has 0 aromatic carbocycles. The Morgan fingerprint density at radius 3 is 2.89 bits per heavy atom. The van der Waals surface area contributed by atoms with E-state index in [2.05, 4.69) is 9.88 Å². The number of nitrogens with two attached hydrogens (primary N) is 1. The van der Waals surface area contributed by atoms with Crippen LogP contribution < -0.4 is 10.6 Å². The summed E-state index contributed by atoms with van der Waals surface area (Å²) >= 11 is 1.13. The Hall–Kier alpha value is -1.25. The standard InChI is InChI=1S/C11H18N4O3S/c12-4-1-7-18-9-2-5-14(6-3-9)11-13-8-10(19-11)15(16)17/h8-9H,1-7,12H2. The molecule has 2 heterocycles. The van der Waals surface area contributed by atoms with Crippen molar-refractivity contribution in [3.8, 4) is 0 Å². The third-order valence-corrected chi connectivity index (χ3v) is 4.09. The average molecular weight is 286 g/mol. The summed E-state index contributed by atoms with van der Waals surface area (Å²) in [5.41, 5.74) is 5.42. The van der Waals surface area contributed by atoms with Crippen LogP contribution in [0.15, 0.2) is 6.20 Å². The van der Waals surface area contributed by atoms with E-state index in [1.165, 1.54) is 6.20 Å². The molecular weight excluding hydrogens is 268 g/mol. The van der Waals surface area contributed by atoms with Gasteiger partial charge < -0.3 is 15.4 Å². The summed E-state index contributed by atoms with van der Waals surface area (Å²) in [4.78, 5) is 16.4. The zero-order chi connectivity index (χ0) is 13.7. The molecular formula is C11H18N4O3S. The van der Waals surface area contributed by atoms with Crippen LogP contribution in [0.1, 0.15) is 19.3 Å². The molecule has 0 saturated carbocycles. The van der Waals surface area contributed by atoms with Crippen LogP contribution in [-0.2, 0) is 4.74 Å². The topological polar surface area (TPSA) is 94.5 Å². The van der Waals surface area contributed by atoms with Crippen LogP contribution in [0.3, 0.4) is 0 Å². The van der Waals surface area contributed by atoms with E-state index in [0.29, 0.717) is 13.2 Å². The molecule has 0 spiro atoms. The Morgan fingerprint density at radius 2 is 2.32 bits per heavy atom. The number of piperidine rings is 1. The number of nitro groups is 1. The average Bonchev–Trinajstić information content (AvgIpc) is 2.90. The maximum atomic E-state index is 10.6. The number of thiazole rings is 1. The smallest absolute Gasteiger partial charge is 0.345 e. The van der Waals surface area contributed by atoms with Gasteiger partial charge in [-0.3, -0.25) is 10.1 Å². The first-order valence-electron chi connectivity index (χ1n) is 6.37. The molecule has 0 aliphatic carbocycles. The number of nitrogens with zero attached hydrogens (tertiary/aromatic N) is 3. The summed E-state index contributed by atoms with van der Waals surface area (Å²) in [6.07, 6.45) is 4.34. The first-order valence-corrected chi connectivity index (χ1v) is 7.19. The first-order chi connectivity index (χ1) is 9.20. The van der Waals surface area contributed by atoms with Gasteiger partial charge in [0, 0.05) is 19.7 Å². The lowest BCUT2D eigenvalue weighted by atomic mass is 10.1. The Morgan fingerprint density at radius 1 is 1.58 bits per heavy atom. The quantitative estimate of drug-likeness (QED) is 0.482. The number of aromatic nitrogens is 1. The highest BCUT2D eigenvalue weighted by molar-refractivity contribution is 7.18. The Labute approximate surface area is 115 Å². The summed E-state index contributed by atoms with van der Waals surface area (Å²) in [5.74, 6) is 0.